The number of methoxy groups -OCH3 is 1. The van der Waals surface area contributed by atoms with Gasteiger partial charge in [-0.15, -0.1) is 0 Å². The highest BCUT2D eigenvalue weighted by molar-refractivity contribution is 5.81. The van der Waals surface area contributed by atoms with E-state index in [2.05, 4.69) is 10.6 Å². The van der Waals surface area contributed by atoms with Crippen molar-refractivity contribution in [2.24, 2.45) is 0 Å². The summed E-state index contributed by atoms with van der Waals surface area (Å²) >= 11 is 0. The van der Waals surface area contributed by atoms with E-state index in [0.717, 1.165) is 22.6 Å². The number of nitrogens with one attached hydrogen (secondary N) is 2. The lowest BCUT2D eigenvalue weighted by atomic mass is 10.0. The Labute approximate surface area is 159 Å². The Balaban J connectivity index is 1.62. The van der Waals surface area contributed by atoms with E-state index in [9.17, 15) is 4.79 Å². The van der Waals surface area contributed by atoms with E-state index < -0.39 is 6.04 Å². The van der Waals surface area contributed by atoms with Crippen LogP contribution in [0.4, 0.5) is 0 Å². The maximum atomic E-state index is 12.5. The van der Waals surface area contributed by atoms with Gasteiger partial charge in [0.15, 0.2) is 0 Å². The van der Waals surface area contributed by atoms with Crippen LogP contribution in [0.2, 0.25) is 0 Å². The van der Waals surface area contributed by atoms with Crippen LogP contribution in [0, 0.1) is 0 Å². The lowest BCUT2D eigenvalue weighted by Crippen LogP contribution is -2.43. The number of carbonyl (C=O) groups excluding carboxylic acids is 1. The molecule has 1 aromatic heterocycles. The van der Waals surface area contributed by atoms with Gasteiger partial charge < -0.3 is 14.5 Å². The molecule has 27 heavy (non-hydrogen) atoms. The fourth-order valence-electron chi connectivity index (χ4n) is 2.85. The van der Waals surface area contributed by atoms with Gasteiger partial charge in [-0.3, -0.25) is 10.1 Å². The van der Waals surface area contributed by atoms with Crippen molar-refractivity contribution in [2.45, 2.75) is 25.6 Å². The van der Waals surface area contributed by atoms with Crippen molar-refractivity contribution < 1.29 is 13.9 Å². The second-order valence-corrected chi connectivity index (χ2v) is 6.31. The molecule has 0 radical (unpaired) electrons. The number of rotatable bonds is 8. The largest absolute Gasteiger partial charge is 0.497 e. The van der Waals surface area contributed by atoms with Crippen LogP contribution >= 0.6 is 0 Å². The lowest BCUT2D eigenvalue weighted by Gasteiger charge is -2.22. The fourth-order valence-corrected chi connectivity index (χ4v) is 2.85. The Bertz CT molecular complexity index is 830. The van der Waals surface area contributed by atoms with Gasteiger partial charge in [0.05, 0.1) is 25.5 Å². The maximum Gasteiger partial charge on any atom is 0.237 e. The molecule has 140 valence electrons. The van der Waals surface area contributed by atoms with Crippen LogP contribution in [-0.2, 0) is 11.3 Å². The summed E-state index contributed by atoms with van der Waals surface area (Å²) in [5, 5.41) is 6.33. The van der Waals surface area contributed by atoms with Crippen molar-refractivity contribution in [1.29, 1.82) is 0 Å². The molecular weight excluding hydrogens is 340 g/mol. The van der Waals surface area contributed by atoms with Crippen LogP contribution < -0.4 is 15.4 Å². The normalized spacial score (nSPS) is 13.0. The quantitative estimate of drug-likeness (QED) is 0.640. The van der Waals surface area contributed by atoms with Crippen molar-refractivity contribution in [3.05, 3.63) is 89.9 Å². The standard InChI is InChI=1S/C22H24N2O3/c1-16(22(25)23-15-17-10-12-19(26-2)13-11-17)24-21(20-9-6-14-27-20)18-7-4-3-5-8-18/h3-14,16,21,24H,15H2,1-2H3,(H,23,25)/t16-,21+/m0/s1. The van der Waals surface area contributed by atoms with Gasteiger partial charge in [-0.25, -0.2) is 0 Å². The van der Waals surface area contributed by atoms with Gasteiger partial charge in [-0.2, -0.15) is 0 Å². The number of hydrogen-bond donors (Lipinski definition) is 2. The topological polar surface area (TPSA) is 63.5 Å². The molecule has 0 saturated carbocycles. The molecular formula is C22H24N2O3. The minimum atomic E-state index is -0.390. The Morgan fingerprint density at radius 2 is 1.78 bits per heavy atom. The summed E-state index contributed by atoms with van der Waals surface area (Å²) in [4.78, 5) is 12.5. The second-order valence-electron chi connectivity index (χ2n) is 6.31. The average Bonchev–Trinajstić information content (AvgIpc) is 3.25. The first kappa shape index (κ1) is 18.7. The summed E-state index contributed by atoms with van der Waals surface area (Å²) in [5.74, 6) is 1.50. The predicted octanol–water partition coefficient (Wildman–Crippen LogP) is 3.67. The first-order valence-electron chi connectivity index (χ1n) is 8.92. The summed E-state index contributed by atoms with van der Waals surface area (Å²) in [6.45, 7) is 2.31. The van der Waals surface area contributed by atoms with Crippen molar-refractivity contribution in [2.75, 3.05) is 7.11 Å². The van der Waals surface area contributed by atoms with Gasteiger partial charge in [0.2, 0.25) is 5.91 Å². The Hall–Kier alpha value is -3.05. The molecule has 2 N–H and O–H groups in total. The van der Waals surface area contributed by atoms with E-state index in [0.29, 0.717) is 6.54 Å². The summed E-state index contributed by atoms with van der Waals surface area (Å²) in [5.41, 5.74) is 2.06. The van der Waals surface area contributed by atoms with Crippen molar-refractivity contribution >= 4 is 5.91 Å². The zero-order chi connectivity index (χ0) is 19.1. The molecule has 0 spiro atoms. The van der Waals surface area contributed by atoms with Gasteiger partial charge in [0.25, 0.3) is 0 Å². The zero-order valence-electron chi connectivity index (χ0n) is 15.5. The first-order chi connectivity index (χ1) is 13.2. The van der Waals surface area contributed by atoms with Gasteiger partial charge in [0, 0.05) is 6.54 Å². The van der Waals surface area contributed by atoms with Crippen LogP contribution in [-0.4, -0.2) is 19.1 Å². The van der Waals surface area contributed by atoms with Gasteiger partial charge in [-0.1, -0.05) is 42.5 Å². The number of furan rings is 1. The lowest BCUT2D eigenvalue weighted by molar-refractivity contribution is -0.123. The first-order valence-corrected chi connectivity index (χ1v) is 8.92. The molecule has 1 heterocycles. The highest BCUT2D eigenvalue weighted by Crippen LogP contribution is 2.23. The predicted molar refractivity (Wildman–Crippen MR) is 104 cm³/mol. The highest BCUT2D eigenvalue weighted by Gasteiger charge is 2.22. The Morgan fingerprint density at radius 1 is 1.04 bits per heavy atom. The molecule has 3 rings (SSSR count). The summed E-state index contributed by atoms with van der Waals surface area (Å²) in [6, 6.07) is 20.8. The third-order valence-electron chi connectivity index (χ3n) is 4.40. The number of ether oxygens (including phenoxy) is 1. The molecule has 5 nitrogen and oxygen atoms in total. The molecule has 0 saturated heterocycles. The molecule has 0 fully saturated rings. The number of carbonyl (C=O) groups is 1. The minimum absolute atomic E-state index is 0.0710. The van der Waals surface area contributed by atoms with Crippen molar-refractivity contribution in [3.8, 4) is 5.75 Å². The average molecular weight is 364 g/mol. The summed E-state index contributed by atoms with van der Waals surface area (Å²) in [6.07, 6.45) is 1.64. The molecule has 0 aliphatic carbocycles. The van der Waals surface area contributed by atoms with Crippen LogP contribution in [0.5, 0.6) is 5.75 Å². The van der Waals surface area contributed by atoms with Gasteiger partial charge >= 0.3 is 0 Å². The molecule has 2 aromatic carbocycles. The minimum Gasteiger partial charge on any atom is -0.497 e. The third kappa shape index (κ3) is 4.99. The Kier molecular flexibility index (Phi) is 6.28. The van der Waals surface area contributed by atoms with E-state index >= 15 is 0 Å². The summed E-state index contributed by atoms with van der Waals surface area (Å²) < 4.78 is 10.7. The van der Waals surface area contributed by atoms with Gasteiger partial charge in [-0.05, 0) is 42.3 Å². The molecule has 5 heteroatoms. The van der Waals surface area contributed by atoms with E-state index in [1.54, 1.807) is 13.4 Å². The number of hydrogen-bond acceptors (Lipinski definition) is 4. The van der Waals surface area contributed by atoms with Crippen molar-refractivity contribution in [1.82, 2.24) is 10.6 Å². The number of amides is 1. The molecule has 3 aromatic rings. The van der Waals surface area contributed by atoms with Crippen LogP contribution in [0.1, 0.15) is 29.9 Å². The van der Waals surface area contributed by atoms with Crippen LogP contribution in [0.3, 0.4) is 0 Å². The van der Waals surface area contributed by atoms with E-state index in [1.165, 1.54) is 0 Å². The molecule has 0 aliphatic rings. The second kappa shape index (κ2) is 9.05. The molecule has 1 amide bonds. The van der Waals surface area contributed by atoms with Crippen LogP contribution in [0.15, 0.2) is 77.4 Å². The third-order valence-corrected chi connectivity index (χ3v) is 4.40. The fraction of sp³-hybridized carbons (Fsp3) is 0.227. The maximum absolute atomic E-state index is 12.5. The smallest absolute Gasteiger partial charge is 0.237 e. The zero-order valence-corrected chi connectivity index (χ0v) is 15.5. The number of benzene rings is 2. The van der Waals surface area contributed by atoms with Crippen LogP contribution in [0.25, 0.3) is 0 Å². The SMILES string of the molecule is COc1ccc(CNC(=O)[C@H](C)N[C@H](c2ccccc2)c2ccco2)cc1. The molecule has 0 aliphatic heterocycles. The molecule has 2 atom stereocenters. The van der Waals surface area contributed by atoms with E-state index in [1.807, 2.05) is 73.7 Å². The summed E-state index contributed by atoms with van der Waals surface area (Å²) in [7, 11) is 1.63. The van der Waals surface area contributed by atoms with Crippen molar-refractivity contribution in [3.63, 3.8) is 0 Å². The molecule has 0 unspecified atom stereocenters. The highest BCUT2D eigenvalue weighted by atomic mass is 16.5. The Morgan fingerprint density at radius 3 is 2.41 bits per heavy atom. The van der Waals surface area contributed by atoms with E-state index in [4.69, 9.17) is 9.15 Å². The monoisotopic (exact) mass is 364 g/mol. The molecule has 0 bridgehead atoms. The van der Waals surface area contributed by atoms with E-state index in [-0.39, 0.29) is 11.9 Å². The van der Waals surface area contributed by atoms with Gasteiger partial charge in [0.1, 0.15) is 11.5 Å².